The third kappa shape index (κ3) is 3.13. The van der Waals surface area contributed by atoms with Crippen molar-refractivity contribution in [2.45, 2.75) is 13.3 Å². The Bertz CT molecular complexity index is 1020. The van der Waals surface area contributed by atoms with Crippen molar-refractivity contribution in [2.24, 2.45) is 0 Å². The van der Waals surface area contributed by atoms with Crippen LogP contribution in [-0.2, 0) is 6.42 Å². The van der Waals surface area contributed by atoms with Gasteiger partial charge in [-0.2, -0.15) is 0 Å². The molecule has 126 valence electrons. The van der Waals surface area contributed by atoms with Crippen molar-refractivity contribution in [1.29, 1.82) is 0 Å². The molecule has 0 amide bonds. The van der Waals surface area contributed by atoms with Gasteiger partial charge in [-0.15, -0.1) is 0 Å². The lowest BCUT2D eigenvalue weighted by Crippen LogP contribution is -2.08. The molecule has 0 fully saturated rings. The predicted octanol–water partition coefficient (Wildman–Crippen LogP) is 5.55. The average Bonchev–Trinajstić information content (AvgIpc) is 2.61. The normalized spacial score (nSPS) is 12.1. The number of hydrogen-bond acceptors (Lipinski definition) is 4. The molecule has 0 atom stereocenters. The van der Waals surface area contributed by atoms with Crippen LogP contribution >= 0.6 is 23.8 Å². The molecule has 0 saturated heterocycles. The molecule has 0 aliphatic carbocycles. The van der Waals surface area contributed by atoms with E-state index < -0.39 is 0 Å². The second-order valence-corrected chi connectivity index (χ2v) is 6.51. The molecule has 0 spiro atoms. The zero-order valence-electron chi connectivity index (χ0n) is 13.5. The van der Waals surface area contributed by atoms with Crippen LogP contribution in [0.3, 0.4) is 0 Å². The van der Waals surface area contributed by atoms with Crippen molar-refractivity contribution in [3.05, 3.63) is 63.3 Å². The van der Waals surface area contributed by atoms with Crippen LogP contribution in [0.2, 0.25) is 5.02 Å². The minimum absolute atomic E-state index is 0.524. The molecular formula is C19H15ClN2O2S. The molecule has 0 unspecified atom stereocenters. The molecule has 3 aromatic rings. The van der Waals surface area contributed by atoms with Crippen molar-refractivity contribution in [3.63, 3.8) is 0 Å². The average molecular weight is 371 g/mol. The van der Waals surface area contributed by atoms with Gasteiger partial charge in [0.05, 0.1) is 12.2 Å². The van der Waals surface area contributed by atoms with Gasteiger partial charge >= 0.3 is 0 Å². The number of fused-ring (bicyclic) bond motifs is 2. The Morgan fingerprint density at radius 2 is 2.16 bits per heavy atom. The van der Waals surface area contributed by atoms with Crippen molar-refractivity contribution < 1.29 is 9.47 Å². The van der Waals surface area contributed by atoms with Crippen LogP contribution < -0.4 is 9.47 Å². The third-order valence-corrected chi connectivity index (χ3v) is 4.57. The molecule has 1 aromatic heterocycles. The number of ether oxygens (including phenoxy) is 2. The lowest BCUT2D eigenvalue weighted by Gasteiger charge is -2.20. The summed E-state index contributed by atoms with van der Waals surface area (Å²) in [5.41, 5.74) is 2.77. The van der Waals surface area contributed by atoms with Crippen molar-refractivity contribution in [1.82, 2.24) is 9.97 Å². The summed E-state index contributed by atoms with van der Waals surface area (Å²) in [6.07, 6.45) is 0.646. The molecule has 2 aromatic carbocycles. The first-order valence-electron chi connectivity index (χ1n) is 7.96. The van der Waals surface area contributed by atoms with Crippen LogP contribution in [0.4, 0.5) is 0 Å². The minimum atomic E-state index is 0.524. The fourth-order valence-electron chi connectivity index (χ4n) is 2.84. The third-order valence-electron chi connectivity index (χ3n) is 4.00. The largest absolute Gasteiger partial charge is 0.494 e. The highest BCUT2D eigenvalue weighted by Crippen LogP contribution is 2.37. The van der Waals surface area contributed by atoms with Gasteiger partial charge in [-0.1, -0.05) is 36.0 Å². The number of nitrogens with one attached hydrogen (secondary N) is 1. The molecule has 0 bridgehead atoms. The predicted molar refractivity (Wildman–Crippen MR) is 100 cm³/mol. The summed E-state index contributed by atoms with van der Waals surface area (Å²) in [6, 6.07) is 13.3. The fourth-order valence-corrected chi connectivity index (χ4v) is 3.29. The second-order valence-electron chi connectivity index (χ2n) is 5.69. The van der Waals surface area contributed by atoms with Crippen LogP contribution in [0.5, 0.6) is 17.4 Å². The van der Waals surface area contributed by atoms with Gasteiger partial charge in [-0.25, -0.2) is 4.98 Å². The molecule has 4 nitrogen and oxygen atoms in total. The van der Waals surface area contributed by atoms with Crippen LogP contribution in [0, 0.1) is 4.64 Å². The van der Waals surface area contributed by atoms with Crippen LogP contribution in [0.1, 0.15) is 18.1 Å². The highest BCUT2D eigenvalue weighted by Gasteiger charge is 2.21. The molecule has 4 rings (SSSR count). The van der Waals surface area contributed by atoms with E-state index in [-0.39, 0.29) is 0 Å². The first-order chi connectivity index (χ1) is 12.1. The topological polar surface area (TPSA) is 47.1 Å². The Balaban J connectivity index is 1.76. The van der Waals surface area contributed by atoms with Crippen LogP contribution in [0.15, 0.2) is 42.5 Å². The Labute approximate surface area is 155 Å². The van der Waals surface area contributed by atoms with E-state index in [1.54, 1.807) is 0 Å². The number of rotatable bonds is 3. The summed E-state index contributed by atoms with van der Waals surface area (Å²) in [4.78, 5) is 7.80. The lowest BCUT2D eigenvalue weighted by atomic mass is 10.0. The summed E-state index contributed by atoms with van der Waals surface area (Å²) in [6.45, 7) is 2.56. The molecule has 1 aliphatic rings. The molecule has 1 N–H and O–H groups in total. The SMILES string of the molecule is CCOc1cccc(-c2nc(=S)c3c([nH]2)Oc2ccc(Cl)cc2C3)c1. The first kappa shape index (κ1) is 16.1. The molecule has 0 saturated carbocycles. The number of halogens is 1. The van der Waals surface area contributed by atoms with Gasteiger partial charge in [0.15, 0.2) is 0 Å². The van der Waals surface area contributed by atoms with Gasteiger partial charge in [0, 0.05) is 22.6 Å². The van der Waals surface area contributed by atoms with Gasteiger partial charge in [0.25, 0.3) is 0 Å². The maximum absolute atomic E-state index is 6.07. The second kappa shape index (κ2) is 6.50. The summed E-state index contributed by atoms with van der Waals surface area (Å²) in [5, 5.41) is 0.679. The molecular weight excluding hydrogens is 356 g/mol. The van der Waals surface area contributed by atoms with E-state index in [0.717, 1.165) is 28.2 Å². The Kier molecular flexibility index (Phi) is 4.19. The Morgan fingerprint density at radius 1 is 1.28 bits per heavy atom. The molecule has 1 aliphatic heterocycles. The zero-order chi connectivity index (χ0) is 17.4. The summed E-state index contributed by atoms with van der Waals surface area (Å²) >= 11 is 11.6. The number of aromatic amines is 1. The number of hydrogen-bond donors (Lipinski definition) is 1. The van der Waals surface area contributed by atoms with Crippen molar-refractivity contribution in [3.8, 4) is 28.8 Å². The van der Waals surface area contributed by atoms with E-state index >= 15 is 0 Å². The van der Waals surface area contributed by atoms with E-state index in [0.29, 0.717) is 34.4 Å². The van der Waals surface area contributed by atoms with Gasteiger partial charge in [-0.3, -0.25) is 0 Å². The smallest absolute Gasteiger partial charge is 0.205 e. The van der Waals surface area contributed by atoms with Crippen molar-refractivity contribution in [2.75, 3.05) is 6.61 Å². The molecule has 25 heavy (non-hydrogen) atoms. The standard InChI is InChI=1S/C19H15ClN2O2S/c1-2-23-14-5-3-4-11(9-14)17-21-18-15(19(25)22-17)10-12-8-13(20)6-7-16(12)24-18/h3-9H,2,10H2,1H3,(H,21,22,25). The highest BCUT2D eigenvalue weighted by atomic mass is 35.5. The van der Waals surface area contributed by atoms with E-state index in [4.69, 9.17) is 33.3 Å². The summed E-state index contributed by atoms with van der Waals surface area (Å²) < 4.78 is 12.1. The van der Waals surface area contributed by atoms with E-state index in [2.05, 4.69) is 9.97 Å². The number of H-pyrrole nitrogens is 1. The summed E-state index contributed by atoms with van der Waals surface area (Å²) in [7, 11) is 0. The van der Waals surface area contributed by atoms with Gasteiger partial charge in [0.2, 0.25) is 5.88 Å². The zero-order valence-corrected chi connectivity index (χ0v) is 15.1. The van der Waals surface area contributed by atoms with Crippen molar-refractivity contribution >= 4 is 23.8 Å². The van der Waals surface area contributed by atoms with Crippen LogP contribution in [0.25, 0.3) is 11.4 Å². The molecule has 0 radical (unpaired) electrons. The van der Waals surface area contributed by atoms with E-state index in [9.17, 15) is 0 Å². The van der Waals surface area contributed by atoms with Gasteiger partial charge in [0.1, 0.15) is 22.0 Å². The number of benzene rings is 2. The number of aromatic nitrogens is 2. The van der Waals surface area contributed by atoms with E-state index in [1.807, 2.05) is 49.4 Å². The van der Waals surface area contributed by atoms with Gasteiger partial charge in [-0.05, 0) is 37.3 Å². The highest BCUT2D eigenvalue weighted by molar-refractivity contribution is 7.71. The molecule has 2 heterocycles. The maximum atomic E-state index is 6.07. The molecule has 6 heteroatoms. The van der Waals surface area contributed by atoms with E-state index in [1.165, 1.54) is 0 Å². The summed E-state index contributed by atoms with van der Waals surface area (Å²) in [5.74, 6) is 2.86. The quantitative estimate of drug-likeness (QED) is 0.480. The number of nitrogens with zero attached hydrogens (tertiary/aromatic N) is 1. The Morgan fingerprint density at radius 3 is 3.00 bits per heavy atom. The minimum Gasteiger partial charge on any atom is -0.494 e. The first-order valence-corrected chi connectivity index (χ1v) is 8.75. The van der Waals surface area contributed by atoms with Gasteiger partial charge < -0.3 is 14.5 Å². The van der Waals surface area contributed by atoms with Crippen LogP contribution in [-0.4, -0.2) is 16.6 Å². The monoisotopic (exact) mass is 370 g/mol. The maximum Gasteiger partial charge on any atom is 0.205 e. The fraction of sp³-hybridized carbons (Fsp3) is 0.158. The lowest BCUT2D eigenvalue weighted by molar-refractivity contribution is 0.340. The Hall–Kier alpha value is -2.37.